The van der Waals surface area contributed by atoms with Gasteiger partial charge in [0.15, 0.2) is 6.61 Å². The number of aryl methyl sites for hydroxylation is 1. The Balaban J connectivity index is 1.53. The molecule has 1 heterocycles. The smallest absolute Gasteiger partial charge is 0.262 e. The molecule has 7 nitrogen and oxygen atoms in total. The second kappa shape index (κ2) is 10.3. The zero-order valence-electron chi connectivity index (χ0n) is 17.2. The normalized spacial score (nSPS) is 15.5. The summed E-state index contributed by atoms with van der Waals surface area (Å²) >= 11 is 3.39. The van der Waals surface area contributed by atoms with Gasteiger partial charge in [0, 0.05) is 35.4 Å². The van der Waals surface area contributed by atoms with Crippen molar-refractivity contribution >= 4 is 45.0 Å². The lowest BCUT2D eigenvalue weighted by atomic mass is 10.1. The number of nitrogens with one attached hydrogen (secondary N) is 2. The van der Waals surface area contributed by atoms with Gasteiger partial charge >= 0.3 is 0 Å². The molecule has 0 spiro atoms. The Morgan fingerprint density at radius 1 is 1.26 bits per heavy atom. The third-order valence-electron chi connectivity index (χ3n) is 4.90. The average Bonchev–Trinajstić information content (AvgIpc) is 3.14. The molecule has 31 heavy (non-hydrogen) atoms. The molecule has 0 unspecified atom stereocenters. The van der Waals surface area contributed by atoms with E-state index in [1.165, 1.54) is 0 Å². The van der Waals surface area contributed by atoms with Crippen LogP contribution in [0.25, 0.3) is 0 Å². The number of hydrogen-bond acceptors (Lipinski definition) is 4. The molecule has 8 heteroatoms. The number of amides is 3. The molecule has 1 aliphatic rings. The van der Waals surface area contributed by atoms with Crippen LogP contribution in [0.15, 0.2) is 59.6 Å². The molecular weight excluding hydrogens is 462 g/mol. The van der Waals surface area contributed by atoms with Gasteiger partial charge in [-0.15, -0.1) is 6.58 Å². The highest BCUT2D eigenvalue weighted by Gasteiger charge is 2.34. The van der Waals surface area contributed by atoms with E-state index in [0.29, 0.717) is 24.5 Å². The van der Waals surface area contributed by atoms with Gasteiger partial charge in [-0.05, 0) is 55.0 Å². The molecule has 1 aliphatic heterocycles. The van der Waals surface area contributed by atoms with E-state index in [1.807, 2.05) is 25.1 Å². The summed E-state index contributed by atoms with van der Waals surface area (Å²) in [7, 11) is 0. The number of hydrogen-bond donors (Lipinski definition) is 2. The maximum atomic E-state index is 12.3. The van der Waals surface area contributed by atoms with Crippen molar-refractivity contribution in [1.82, 2.24) is 5.32 Å². The molecule has 1 fully saturated rings. The minimum atomic E-state index is -0.380. The predicted octanol–water partition coefficient (Wildman–Crippen LogP) is 3.43. The molecule has 2 aromatic rings. The first-order valence-electron chi connectivity index (χ1n) is 9.85. The number of benzene rings is 2. The Kier molecular flexibility index (Phi) is 7.46. The van der Waals surface area contributed by atoms with Crippen LogP contribution in [0.4, 0.5) is 11.4 Å². The highest BCUT2D eigenvalue weighted by Crippen LogP contribution is 2.27. The van der Waals surface area contributed by atoms with Crippen molar-refractivity contribution in [3.63, 3.8) is 0 Å². The van der Waals surface area contributed by atoms with E-state index in [1.54, 1.807) is 35.2 Å². The van der Waals surface area contributed by atoms with Crippen LogP contribution >= 0.6 is 15.9 Å². The summed E-state index contributed by atoms with van der Waals surface area (Å²) < 4.78 is 6.50. The fourth-order valence-electron chi connectivity index (χ4n) is 3.27. The van der Waals surface area contributed by atoms with Crippen molar-refractivity contribution in [3.8, 4) is 5.75 Å². The number of halogens is 1. The summed E-state index contributed by atoms with van der Waals surface area (Å²) in [5.74, 6) is -0.385. The topological polar surface area (TPSA) is 87.7 Å². The van der Waals surface area contributed by atoms with Crippen molar-refractivity contribution in [2.24, 2.45) is 5.92 Å². The molecular formula is C23H24BrN3O4. The maximum absolute atomic E-state index is 12.3. The Morgan fingerprint density at radius 2 is 2.00 bits per heavy atom. The monoisotopic (exact) mass is 485 g/mol. The van der Waals surface area contributed by atoms with Crippen molar-refractivity contribution in [2.45, 2.75) is 13.3 Å². The van der Waals surface area contributed by atoms with Crippen molar-refractivity contribution < 1.29 is 19.1 Å². The molecule has 0 saturated carbocycles. The second-order valence-electron chi connectivity index (χ2n) is 7.23. The molecule has 2 N–H and O–H groups in total. The Morgan fingerprint density at radius 3 is 2.68 bits per heavy atom. The van der Waals surface area contributed by atoms with Gasteiger partial charge in [0.2, 0.25) is 11.8 Å². The van der Waals surface area contributed by atoms with E-state index in [2.05, 4.69) is 33.1 Å². The molecule has 0 radical (unpaired) electrons. The lowest BCUT2D eigenvalue weighted by molar-refractivity contribution is -0.126. The number of nitrogens with zero attached hydrogens (tertiary/aromatic N) is 1. The molecule has 0 aromatic heterocycles. The number of rotatable bonds is 8. The zero-order valence-corrected chi connectivity index (χ0v) is 18.8. The van der Waals surface area contributed by atoms with Gasteiger partial charge < -0.3 is 20.3 Å². The van der Waals surface area contributed by atoms with Gasteiger partial charge in [-0.3, -0.25) is 14.4 Å². The van der Waals surface area contributed by atoms with Crippen LogP contribution in [0.2, 0.25) is 0 Å². The minimum Gasteiger partial charge on any atom is -0.484 e. The summed E-state index contributed by atoms with van der Waals surface area (Å²) in [4.78, 5) is 38.2. The van der Waals surface area contributed by atoms with Crippen molar-refractivity contribution in [2.75, 3.05) is 29.9 Å². The Hall–Kier alpha value is -3.13. The molecule has 3 rings (SSSR count). The standard InChI is InChI=1S/C23H24BrN3O4/c1-3-10-25-23(30)16-12-22(29)27(13-16)18-5-7-19(8-6-18)31-14-21(28)26-20-9-4-17(24)11-15(20)2/h3-9,11,16H,1,10,12-14H2,2H3,(H,25,30)(H,26,28)/t16-/m1/s1. The average molecular weight is 486 g/mol. The van der Waals surface area contributed by atoms with Gasteiger partial charge in [-0.1, -0.05) is 22.0 Å². The van der Waals surface area contributed by atoms with Crippen LogP contribution < -0.4 is 20.3 Å². The van der Waals surface area contributed by atoms with Gasteiger partial charge in [-0.2, -0.15) is 0 Å². The fourth-order valence-corrected chi connectivity index (χ4v) is 3.75. The van der Waals surface area contributed by atoms with E-state index in [4.69, 9.17) is 4.74 Å². The first kappa shape index (κ1) is 22.6. The minimum absolute atomic E-state index is 0.100. The Bertz CT molecular complexity index is 991. The summed E-state index contributed by atoms with van der Waals surface area (Å²) in [5, 5.41) is 5.55. The maximum Gasteiger partial charge on any atom is 0.262 e. The summed E-state index contributed by atoms with van der Waals surface area (Å²) in [6.07, 6.45) is 1.78. The lowest BCUT2D eigenvalue weighted by Gasteiger charge is -2.17. The second-order valence-corrected chi connectivity index (χ2v) is 8.14. The van der Waals surface area contributed by atoms with Crippen LogP contribution in [0.5, 0.6) is 5.75 Å². The molecule has 162 valence electrons. The fraction of sp³-hybridized carbons (Fsp3) is 0.261. The van der Waals surface area contributed by atoms with Gasteiger partial charge in [0.25, 0.3) is 5.91 Å². The van der Waals surface area contributed by atoms with E-state index in [9.17, 15) is 14.4 Å². The predicted molar refractivity (Wildman–Crippen MR) is 123 cm³/mol. The zero-order chi connectivity index (χ0) is 22.4. The molecule has 1 atom stereocenters. The number of carbonyl (C=O) groups is 3. The van der Waals surface area contributed by atoms with Gasteiger partial charge in [-0.25, -0.2) is 0 Å². The highest BCUT2D eigenvalue weighted by atomic mass is 79.9. The summed E-state index contributed by atoms with van der Waals surface area (Å²) in [6.45, 7) is 6.05. The number of ether oxygens (including phenoxy) is 1. The van der Waals surface area contributed by atoms with Gasteiger partial charge in [0.05, 0.1) is 5.92 Å². The quantitative estimate of drug-likeness (QED) is 0.560. The molecule has 3 amide bonds. The molecule has 1 saturated heterocycles. The van der Waals surface area contributed by atoms with E-state index >= 15 is 0 Å². The molecule has 2 aromatic carbocycles. The summed E-state index contributed by atoms with van der Waals surface area (Å²) in [6, 6.07) is 12.5. The lowest BCUT2D eigenvalue weighted by Crippen LogP contribution is -2.32. The van der Waals surface area contributed by atoms with E-state index in [-0.39, 0.29) is 36.7 Å². The van der Waals surface area contributed by atoms with Crippen LogP contribution in [-0.4, -0.2) is 37.4 Å². The third kappa shape index (κ3) is 5.95. The van der Waals surface area contributed by atoms with Crippen LogP contribution in [0.3, 0.4) is 0 Å². The van der Waals surface area contributed by atoms with E-state index in [0.717, 1.165) is 15.7 Å². The first-order valence-corrected chi connectivity index (χ1v) is 10.6. The number of carbonyl (C=O) groups excluding carboxylic acids is 3. The van der Waals surface area contributed by atoms with Crippen LogP contribution in [0, 0.1) is 12.8 Å². The highest BCUT2D eigenvalue weighted by molar-refractivity contribution is 9.10. The van der Waals surface area contributed by atoms with E-state index < -0.39 is 0 Å². The summed E-state index contributed by atoms with van der Waals surface area (Å²) in [5.41, 5.74) is 2.36. The third-order valence-corrected chi connectivity index (χ3v) is 5.39. The largest absolute Gasteiger partial charge is 0.484 e. The van der Waals surface area contributed by atoms with Crippen LogP contribution in [0.1, 0.15) is 12.0 Å². The molecule has 0 aliphatic carbocycles. The molecule has 0 bridgehead atoms. The SMILES string of the molecule is C=CCNC(=O)[C@@H]1CC(=O)N(c2ccc(OCC(=O)Nc3ccc(Br)cc3C)cc2)C1. The van der Waals surface area contributed by atoms with Crippen LogP contribution in [-0.2, 0) is 14.4 Å². The van der Waals surface area contributed by atoms with Crippen molar-refractivity contribution in [3.05, 3.63) is 65.2 Å². The first-order chi connectivity index (χ1) is 14.9. The number of anilines is 2. The van der Waals surface area contributed by atoms with Gasteiger partial charge in [0.1, 0.15) is 5.75 Å². The van der Waals surface area contributed by atoms with Crippen molar-refractivity contribution in [1.29, 1.82) is 0 Å². The Labute approximate surface area is 189 Å².